The van der Waals surface area contributed by atoms with Crippen molar-refractivity contribution in [1.82, 2.24) is 14.8 Å². The lowest BCUT2D eigenvalue weighted by molar-refractivity contribution is -0.134. The number of aromatic amines is 1. The molecule has 0 bridgehead atoms. The number of para-hydroxylation sites is 2. The van der Waals surface area contributed by atoms with Gasteiger partial charge >= 0.3 is 0 Å². The largest absolute Gasteiger partial charge is 0.368 e. The van der Waals surface area contributed by atoms with Gasteiger partial charge < -0.3 is 14.8 Å². The Morgan fingerprint density at radius 3 is 2.41 bits per heavy atom. The van der Waals surface area contributed by atoms with E-state index in [1.807, 2.05) is 0 Å². The standard InChI is InChI=1S/C27H32N4O/c32-26(31-16-14-30(15-17-31)22-6-2-1-3-7-22)24-18-27(24)10-12-29(13-11-27)20-21-19-28-25-9-5-4-8-23(21)25/h1-9,19,24,28H,10-18,20H2. The number of carbonyl (C=O) groups excluding carboxylic acids is 1. The smallest absolute Gasteiger partial charge is 0.226 e. The lowest BCUT2D eigenvalue weighted by Gasteiger charge is -2.37. The maximum atomic E-state index is 13.3. The molecule has 3 heterocycles. The minimum atomic E-state index is 0.265. The number of H-pyrrole nitrogens is 1. The second-order valence-corrected chi connectivity index (χ2v) is 9.90. The molecule has 5 heteroatoms. The molecule has 1 amide bonds. The second-order valence-electron chi connectivity index (χ2n) is 9.90. The molecule has 5 nitrogen and oxygen atoms in total. The SMILES string of the molecule is O=C(C1CC12CCN(Cc1c[nH]c3ccccc13)CC2)N1CCN(c2ccccc2)CC1. The van der Waals surface area contributed by atoms with Gasteiger partial charge in [-0.25, -0.2) is 0 Å². The Morgan fingerprint density at radius 2 is 1.62 bits per heavy atom. The highest BCUT2D eigenvalue weighted by Crippen LogP contribution is 2.60. The van der Waals surface area contributed by atoms with Crippen LogP contribution >= 0.6 is 0 Å². The fraction of sp³-hybridized carbons (Fsp3) is 0.444. The lowest BCUT2D eigenvalue weighted by atomic mass is 9.90. The number of hydrogen-bond acceptors (Lipinski definition) is 3. The summed E-state index contributed by atoms with van der Waals surface area (Å²) >= 11 is 0. The number of fused-ring (bicyclic) bond motifs is 1. The third kappa shape index (κ3) is 3.58. The first-order chi connectivity index (χ1) is 15.7. The van der Waals surface area contributed by atoms with Crippen LogP contribution in [-0.2, 0) is 11.3 Å². The van der Waals surface area contributed by atoms with Gasteiger partial charge in [0.05, 0.1) is 0 Å². The van der Waals surface area contributed by atoms with Crippen molar-refractivity contribution >= 4 is 22.5 Å². The fourth-order valence-electron chi connectivity index (χ4n) is 5.95. The van der Waals surface area contributed by atoms with Crippen molar-refractivity contribution in [1.29, 1.82) is 0 Å². The Morgan fingerprint density at radius 1 is 0.906 bits per heavy atom. The van der Waals surface area contributed by atoms with Crippen LogP contribution in [0.5, 0.6) is 0 Å². The minimum absolute atomic E-state index is 0.265. The summed E-state index contributed by atoms with van der Waals surface area (Å²) in [6.45, 7) is 6.79. The van der Waals surface area contributed by atoms with Crippen LogP contribution < -0.4 is 4.90 Å². The third-order valence-corrected chi connectivity index (χ3v) is 8.12. The van der Waals surface area contributed by atoms with Gasteiger partial charge in [-0.2, -0.15) is 0 Å². The number of aromatic nitrogens is 1. The highest BCUT2D eigenvalue weighted by Gasteiger charge is 2.59. The molecule has 166 valence electrons. The number of nitrogens with zero attached hydrogens (tertiary/aromatic N) is 3. The van der Waals surface area contributed by atoms with Gasteiger partial charge in [-0.15, -0.1) is 0 Å². The first-order valence-electron chi connectivity index (χ1n) is 12.1. The summed E-state index contributed by atoms with van der Waals surface area (Å²) in [6.07, 6.45) is 5.59. The van der Waals surface area contributed by atoms with Crippen LogP contribution in [0.15, 0.2) is 60.8 Å². The summed E-state index contributed by atoms with van der Waals surface area (Å²) < 4.78 is 0. The molecule has 1 atom stereocenters. The van der Waals surface area contributed by atoms with Crippen LogP contribution in [-0.4, -0.2) is 60.0 Å². The molecule has 1 unspecified atom stereocenters. The van der Waals surface area contributed by atoms with Crippen LogP contribution in [0.3, 0.4) is 0 Å². The van der Waals surface area contributed by atoms with Gasteiger partial charge in [0, 0.05) is 61.4 Å². The van der Waals surface area contributed by atoms with Crippen LogP contribution in [0.2, 0.25) is 0 Å². The summed E-state index contributed by atoms with van der Waals surface area (Å²) in [4.78, 5) is 23.8. The number of rotatable bonds is 4. The topological polar surface area (TPSA) is 42.6 Å². The number of anilines is 1. The van der Waals surface area contributed by atoms with Crippen molar-refractivity contribution in [2.45, 2.75) is 25.8 Å². The number of carbonyl (C=O) groups is 1. The molecule has 2 aromatic carbocycles. The maximum Gasteiger partial charge on any atom is 0.226 e. The van der Waals surface area contributed by atoms with Crippen molar-refractivity contribution in [2.75, 3.05) is 44.2 Å². The molecule has 6 rings (SSSR count). The molecule has 3 fully saturated rings. The Labute approximate surface area is 190 Å². The summed E-state index contributed by atoms with van der Waals surface area (Å²) in [7, 11) is 0. The molecule has 1 N–H and O–H groups in total. The summed E-state index contributed by atoms with van der Waals surface area (Å²) in [6, 6.07) is 19.1. The lowest BCUT2D eigenvalue weighted by Crippen LogP contribution is -2.50. The van der Waals surface area contributed by atoms with Crippen molar-refractivity contribution in [3.63, 3.8) is 0 Å². The van der Waals surface area contributed by atoms with Gasteiger partial charge in [-0.05, 0) is 61.5 Å². The van der Waals surface area contributed by atoms with Crippen LogP contribution in [0.4, 0.5) is 5.69 Å². The third-order valence-electron chi connectivity index (χ3n) is 8.12. The van der Waals surface area contributed by atoms with E-state index in [4.69, 9.17) is 0 Å². The fourth-order valence-corrected chi connectivity index (χ4v) is 5.95. The number of nitrogens with one attached hydrogen (secondary N) is 1. The summed E-state index contributed by atoms with van der Waals surface area (Å²) in [5, 5.41) is 1.34. The molecule has 32 heavy (non-hydrogen) atoms. The molecule has 2 aliphatic heterocycles. The summed E-state index contributed by atoms with van der Waals surface area (Å²) in [5.74, 6) is 0.684. The number of amides is 1. The second kappa shape index (κ2) is 7.96. The Hall–Kier alpha value is -2.79. The minimum Gasteiger partial charge on any atom is -0.368 e. The Bertz CT molecular complexity index is 1090. The highest BCUT2D eigenvalue weighted by molar-refractivity contribution is 5.83. The number of piperidine rings is 1. The van der Waals surface area contributed by atoms with Crippen molar-refractivity contribution in [3.8, 4) is 0 Å². The normalized spacial score (nSPS) is 23.1. The van der Waals surface area contributed by atoms with Gasteiger partial charge in [0.25, 0.3) is 0 Å². The molecule has 1 saturated carbocycles. The van der Waals surface area contributed by atoms with E-state index in [1.165, 1.54) is 22.2 Å². The van der Waals surface area contributed by atoms with Crippen molar-refractivity contribution in [3.05, 3.63) is 66.4 Å². The van der Waals surface area contributed by atoms with Gasteiger partial charge in [0.2, 0.25) is 5.91 Å². The number of benzene rings is 2. The van der Waals surface area contributed by atoms with Gasteiger partial charge in [-0.1, -0.05) is 36.4 Å². The first-order valence-corrected chi connectivity index (χ1v) is 12.1. The molecule has 1 aliphatic carbocycles. The molecule has 2 saturated heterocycles. The molecule has 3 aliphatic rings. The van der Waals surface area contributed by atoms with E-state index in [2.05, 4.69) is 80.5 Å². The molecule has 0 radical (unpaired) electrons. The van der Waals surface area contributed by atoms with E-state index in [9.17, 15) is 4.79 Å². The quantitative estimate of drug-likeness (QED) is 0.680. The number of likely N-dealkylation sites (tertiary alicyclic amines) is 1. The zero-order valence-electron chi connectivity index (χ0n) is 18.7. The monoisotopic (exact) mass is 428 g/mol. The van der Waals surface area contributed by atoms with E-state index < -0.39 is 0 Å². The highest BCUT2D eigenvalue weighted by atomic mass is 16.2. The van der Waals surface area contributed by atoms with Crippen molar-refractivity contribution < 1.29 is 4.79 Å². The Kier molecular flexibility index (Phi) is 4.94. The van der Waals surface area contributed by atoms with E-state index >= 15 is 0 Å². The van der Waals surface area contributed by atoms with E-state index in [-0.39, 0.29) is 11.3 Å². The average molecular weight is 429 g/mol. The average Bonchev–Trinajstić information content (AvgIpc) is 3.41. The van der Waals surface area contributed by atoms with E-state index in [0.717, 1.165) is 65.1 Å². The zero-order valence-corrected chi connectivity index (χ0v) is 18.7. The van der Waals surface area contributed by atoms with Gasteiger partial charge in [0.1, 0.15) is 0 Å². The predicted molar refractivity (Wildman–Crippen MR) is 129 cm³/mol. The molecule has 1 spiro atoms. The molecular weight excluding hydrogens is 396 g/mol. The first kappa shape index (κ1) is 19.9. The van der Waals surface area contributed by atoms with E-state index in [1.54, 1.807) is 0 Å². The number of hydrogen-bond donors (Lipinski definition) is 1. The van der Waals surface area contributed by atoms with E-state index in [0.29, 0.717) is 5.91 Å². The molecule has 1 aromatic heterocycles. The summed E-state index contributed by atoms with van der Waals surface area (Å²) in [5.41, 5.74) is 4.15. The van der Waals surface area contributed by atoms with Crippen molar-refractivity contribution in [2.24, 2.45) is 11.3 Å². The predicted octanol–water partition coefficient (Wildman–Crippen LogP) is 4.12. The van der Waals surface area contributed by atoms with Crippen LogP contribution in [0.1, 0.15) is 24.8 Å². The van der Waals surface area contributed by atoms with Gasteiger partial charge in [-0.3, -0.25) is 9.69 Å². The molecule has 3 aromatic rings. The Balaban J connectivity index is 1.02. The van der Waals surface area contributed by atoms with Gasteiger partial charge in [0.15, 0.2) is 0 Å². The maximum absolute atomic E-state index is 13.3. The zero-order chi connectivity index (χ0) is 21.5. The number of piperazine rings is 1. The molecular formula is C27H32N4O. The van der Waals surface area contributed by atoms with Crippen LogP contribution in [0.25, 0.3) is 10.9 Å². The van der Waals surface area contributed by atoms with Crippen LogP contribution in [0, 0.1) is 11.3 Å².